The summed E-state index contributed by atoms with van der Waals surface area (Å²) in [4.78, 5) is 24.6. The summed E-state index contributed by atoms with van der Waals surface area (Å²) in [6.07, 6.45) is 0. The van der Waals surface area contributed by atoms with Crippen LogP contribution in [0.2, 0.25) is 0 Å². The number of halogens is 4. The van der Waals surface area contributed by atoms with Gasteiger partial charge in [0.25, 0.3) is 0 Å². The van der Waals surface area contributed by atoms with Crippen LogP contribution in [0.5, 0.6) is 11.5 Å². The predicted molar refractivity (Wildman–Crippen MR) is 84.3 cm³/mol. The number of ketones is 2. The summed E-state index contributed by atoms with van der Waals surface area (Å²) in [7, 11) is 0. The number of hydrogen-bond donors (Lipinski definition) is 0. The van der Waals surface area contributed by atoms with Crippen molar-refractivity contribution in [2.24, 2.45) is 0 Å². The van der Waals surface area contributed by atoms with Crippen molar-refractivity contribution in [3.8, 4) is 11.5 Å². The molecule has 0 spiro atoms. The Bertz CT molecular complexity index is 821. The zero-order valence-electron chi connectivity index (χ0n) is 13.6. The van der Waals surface area contributed by atoms with Gasteiger partial charge >= 0.3 is 6.61 Å². The average molecular weight is 370 g/mol. The molecule has 2 aromatic carbocycles. The number of alkyl halides is 3. The van der Waals surface area contributed by atoms with E-state index >= 15 is 0 Å². The van der Waals surface area contributed by atoms with Crippen LogP contribution in [-0.4, -0.2) is 31.5 Å². The zero-order valence-corrected chi connectivity index (χ0v) is 13.6. The summed E-state index contributed by atoms with van der Waals surface area (Å²) in [6, 6.07) is 6.60. The normalized spacial score (nSPS) is 10.7. The molecule has 0 atom stereocenters. The van der Waals surface area contributed by atoms with Crippen molar-refractivity contribution < 1.29 is 36.6 Å². The number of benzene rings is 2. The molecule has 0 aliphatic heterocycles. The molecule has 0 saturated heterocycles. The first-order chi connectivity index (χ1) is 12.3. The monoisotopic (exact) mass is 370 g/mol. The van der Waals surface area contributed by atoms with E-state index < -0.39 is 37.3 Å². The molecule has 0 fully saturated rings. The smallest absolute Gasteiger partial charge is 0.387 e. The van der Waals surface area contributed by atoms with E-state index in [9.17, 15) is 27.2 Å². The van der Waals surface area contributed by atoms with Crippen LogP contribution < -0.4 is 9.47 Å². The Morgan fingerprint density at radius 3 is 2.19 bits per heavy atom. The molecule has 0 heterocycles. The number of hydrogen-bond acceptors (Lipinski definition) is 4. The Morgan fingerprint density at radius 1 is 1.00 bits per heavy atom. The summed E-state index contributed by atoms with van der Waals surface area (Å²) in [5.41, 5.74) is 0.0653. The van der Waals surface area contributed by atoms with Gasteiger partial charge in [-0.2, -0.15) is 8.78 Å². The highest BCUT2D eigenvalue weighted by Gasteiger charge is 2.21. The Labute approximate surface area is 146 Å². The van der Waals surface area contributed by atoms with Crippen molar-refractivity contribution in [1.82, 2.24) is 0 Å². The number of carbonyl (C=O) groups excluding carboxylic acids is 2. The summed E-state index contributed by atoms with van der Waals surface area (Å²) >= 11 is 0. The fourth-order valence-corrected chi connectivity index (χ4v) is 2.18. The van der Waals surface area contributed by atoms with Gasteiger partial charge in [-0.1, -0.05) is 0 Å². The molecule has 0 N–H and O–H groups in total. The molecule has 0 unspecified atom stereocenters. The van der Waals surface area contributed by atoms with Crippen LogP contribution in [0, 0.1) is 12.7 Å². The SMILES string of the molecule is Cc1cc(C(=O)C(=O)c2ccc(F)c(OCCF)c2)ccc1OC(F)F. The van der Waals surface area contributed by atoms with Crippen LogP contribution in [-0.2, 0) is 0 Å². The van der Waals surface area contributed by atoms with E-state index in [0.717, 1.165) is 24.3 Å². The molecule has 0 aliphatic rings. The second-order valence-electron chi connectivity index (χ2n) is 5.20. The zero-order chi connectivity index (χ0) is 19.3. The number of ether oxygens (including phenoxy) is 2. The van der Waals surface area contributed by atoms with Gasteiger partial charge in [0, 0.05) is 11.1 Å². The number of aryl methyl sites for hydroxylation is 1. The molecule has 4 nitrogen and oxygen atoms in total. The molecule has 0 radical (unpaired) electrons. The number of rotatable bonds is 8. The van der Waals surface area contributed by atoms with Crippen LogP contribution >= 0.6 is 0 Å². The first-order valence-corrected chi connectivity index (χ1v) is 7.46. The molecule has 2 rings (SSSR count). The third-order valence-electron chi connectivity index (χ3n) is 3.39. The third kappa shape index (κ3) is 4.59. The van der Waals surface area contributed by atoms with E-state index in [-0.39, 0.29) is 28.2 Å². The van der Waals surface area contributed by atoms with Crippen molar-refractivity contribution in [3.63, 3.8) is 0 Å². The topological polar surface area (TPSA) is 52.6 Å². The van der Waals surface area contributed by atoms with Gasteiger partial charge in [0.15, 0.2) is 11.6 Å². The minimum absolute atomic E-state index is 0.0373. The Kier molecular flexibility index (Phi) is 6.32. The van der Waals surface area contributed by atoms with Gasteiger partial charge in [-0.25, -0.2) is 8.78 Å². The fraction of sp³-hybridized carbons (Fsp3) is 0.222. The molecule has 0 aliphatic carbocycles. The number of Topliss-reactive ketones (excluding diaryl/α,β-unsaturated/α-hetero) is 2. The largest absolute Gasteiger partial charge is 0.488 e. The maximum Gasteiger partial charge on any atom is 0.387 e. The first-order valence-electron chi connectivity index (χ1n) is 7.46. The molecule has 0 saturated carbocycles. The van der Waals surface area contributed by atoms with E-state index in [1.165, 1.54) is 19.1 Å². The van der Waals surface area contributed by atoms with Gasteiger partial charge < -0.3 is 9.47 Å². The molecular weight excluding hydrogens is 356 g/mol. The molecule has 26 heavy (non-hydrogen) atoms. The lowest BCUT2D eigenvalue weighted by Crippen LogP contribution is -2.15. The van der Waals surface area contributed by atoms with Crippen molar-refractivity contribution >= 4 is 11.6 Å². The Morgan fingerprint density at radius 2 is 1.62 bits per heavy atom. The van der Waals surface area contributed by atoms with Crippen LogP contribution in [0.25, 0.3) is 0 Å². The van der Waals surface area contributed by atoms with Crippen molar-refractivity contribution in [3.05, 3.63) is 58.9 Å². The van der Waals surface area contributed by atoms with Gasteiger partial charge in [-0.05, 0) is 48.9 Å². The van der Waals surface area contributed by atoms with Crippen LogP contribution in [0.15, 0.2) is 36.4 Å². The lowest BCUT2D eigenvalue weighted by molar-refractivity contribution is -0.0502. The first kappa shape index (κ1) is 19.4. The molecular formula is C18H14F4O4. The molecule has 0 amide bonds. The van der Waals surface area contributed by atoms with E-state index in [1.54, 1.807) is 0 Å². The van der Waals surface area contributed by atoms with Gasteiger partial charge in [-0.15, -0.1) is 0 Å². The molecule has 0 aromatic heterocycles. The van der Waals surface area contributed by atoms with E-state index in [1.807, 2.05) is 0 Å². The fourth-order valence-electron chi connectivity index (χ4n) is 2.18. The van der Waals surface area contributed by atoms with Gasteiger partial charge in [0.2, 0.25) is 11.6 Å². The second-order valence-corrected chi connectivity index (χ2v) is 5.20. The minimum atomic E-state index is -3.01. The van der Waals surface area contributed by atoms with Crippen LogP contribution in [0.4, 0.5) is 17.6 Å². The van der Waals surface area contributed by atoms with Crippen LogP contribution in [0.1, 0.15) is 26.3 Å². The van der Waals surface area contributed by atoms with Crippen molar-refractivity contribution in [2.45, 2.75) is 13.5 Å². The summed E-state index contributed by atoms with van der Waals surface area (Å²) in [5, 5.41) is 0. The summed E-state index contributed by atoms with van der Waals surface area (Å²) in [5.74, 6) is -3.13. The minimum Gasteiger partial charge on any atom is -0.488 e. The molecule has 0 bridgehead atoms. The second kappa shape index (κ2) is 8.46. The lowest BCUT2D eigenvalue weighted by atomic mass is 9.99. The lowest BCUT2D eigenvalue weighted by Gasteiger charge is -2.10. The number of carbonyl (C=O) groups is 2. The molecule has 2 aromatic rings. The van der Waals surface area contributed by atoms with Gasteiger partial charge in [0.05, 0.1) is 0 Å². The van der Waals surface area contributed by atoms with E-state index in [0.29, 0.717) is 0 Å². The van der Waals surface area contributed by atoms with E-state index in [2.05, 4.69) is 4.74 Å². The quantitative estimate of drug-likeness (QED) is 0.398. The van der Waals surface area contributed by atoms with Crippen LogP contribution in [0.3, 0.4) is 0 Å². The Balaban J connectivity index is 2.24. The highest BCUT2D eigenvalue weighted by Crippen LogP contribution is 2.23. The van der Waals surface area contributed by atoms with Gasteiger partial charge in [0.1, 0.15) is 19.0 Å². The average Bonchev–Trinajstić information content (AvgIpc) is 2.61. The maximum absolute atomic E-state index is 13.6. The standard InChI is InChI=1S/C18H14F4O4/c1-10-8-11(3-5-14(10)26-18(21)22)16(23)17(24)12-2-4-13(20)15(9-12)25-7-6-19/h2-5,8-9,18H,6-7H2,1H3. The van der Waals surface area contributed by atoms with E-state index in [4.69, 9.17) is 4.74 Å². The highest BCUT2D eigenvalue weighted by atomic mass is 19.3. The predicted octanol–water partition coefficient (Wildman–Crippen LogP) is 4.15. The summed E-state index contributed by atoms with van der Waals surface area (Å²) < 4.78 is 59.3. The summed E-state index contributed by atoms with van der Waals surface area (Å²) in [6.45, 7) is -2.81. The molecule has 138 valence electrons. The van der Waals surface area contributed by atoms with Crippen molar-refractivity contribution in [1.29, 1.82) is 0 Å². The maximum atomic E-state index is 13.6. The van der Waals surface area contributed by atoms with Crippen molar-refractivity contribution in [2.75, 3.05) is 13.3 Å². The highest BCUT2D eigenvalue weighted by molar-refractivity contribution is 6.49. The van der Waals surface area contributed by atoms with Gasteiger partial charge in [-0.3, -0.25) is 9.59 Å². The third-order valence-corrected chi connectivity index (χ3v) is 3.39. The molecule has 8 heteroatoms. The Hall–Kier alpha value is -2.90.